The van der Waals surface area contributed by atoms with E-state index in [1.807, 2.05) is 0 Å². The van der Waals surface area contributed by atoms with E-state index in [0.29, 0.717) is 12.8 Å². The lowest BCUT2D eigenvalue weighted by molar-refractivity contribution is -0.140. The van der Waals surface area contributed by atoms with Gasteiger partial charge in [-0.2, -0.15) is 0 Å². The summed E-state index contributed by atoms with van der Waals surface area (Å²) in [6.07, 6.45) is 1.66. The van der Waals surface area contributed by atoms with E-state index in [-0.39, 0.29) is 18.9 Å². The molecule has 0 rings (SSSR count). The Labute approximate surface area is 111 Å². The average molecular weight is 272 g/mol. The van der Waals surface area contributed by atoms with Crippen LogP contribution in [0.15, 0.2) is 0 Å². The monoisotopic (exact) mass is 272 g/mol. The number of ether oxygens (including phenoxy) is 3. The summed E-state index contributed by atoms with van der Waals surface area (Å²) in [7, 11) is 1.58. The topological polar surface area (TPSA) is 44.8 Å². The molecule has 0 amide bonds. The second-order valence-electron chi connectivity index (χ2n) is 5.05. The maximum atomic E-state index is 11.0. The van der Waals surface area contributed by atoms with E-state index in [0.717, 1.165) is 6.42 Å². The van der Waals surface area contributed by atoms with Gasteiger partial charge >= 0.3 is 5.97 Å². The van der Waals surface area contributed by atoms with Crippen LogP contribution in [0.5, 0.6) is 0 Å². The minimum absolute atomic E-state index is 0.165. The van der Waals surface area contributed by atoms with Gasteiger partial charge in [-0.05, 0) is 12.8 Å². The summed E-state index contributed by atoms with van der Waals surface area (Å²) in [5, 5.41) is 0. The standard InChI is InChI=1S/C13H24O4Si/c1-15-11-17-12(9-10-18(3,4)5)7-6-8-13(14)16-2/h12H,6-8,11H2,1-5H3/t12-/m0/s1. The summed E-state index contributed by atoms with van der Waals surface area (Å²) in [6, 6.07) is 0. The molecular weight excluding hydrogens is 248 g/mol. The largest absolute Gasteiger partial charge is 0.469 e. The Morgan fingerprint density at radius 3 is 2.44 bits per heavy atom. The molecule has 0 saturated heterocycles. The Hall–Kier alpha value is -0.833. The highest BCUT2D eigenvalue weighted by Crippen LogP contribution is 2.06. The Morgan fingerprint density at radius 1 is 1.28 bits per heavy atom. The third kappa shape index (κ3) is 10.3. The molecule has 18 heavy (non-hydrogen) atoms. The number of hydrogen-bond acceptors (Lipinski definition) is 4. The van der Waals surface area contributed by atoms with E-state index in [1.54, 1.807) is 7.11 Å². The van der Waals surface area contributed by atoms with Crippen molar-refractivity contribution < 1.29 is 19.0 Å². The summed E-state index contributed by atoms with van der Waals surface area (Å²) in [5.74, 6) is 2.95. The van der Waals surface area contributed by atoms with Gasteiger partial charge < -0.3 is 14.2 Å². The minimum atomic E-state index is -1.40. The Kier molecular flexibility index (Phi) is 8.72. The highest BCUT2D eigenvalue weighted by atomic mass is 28.3. The van der Waals surface area contributed by atoms with Gasteiger partial charge in [0.25, 0.3) is 0 Å². The van der Waals surface area contributed by atoms with Gasteiger partial charge in [0, 0.05) is 13.5 Å². The summed E-state index contributed by atoms with van der Waals surface area (Å²) in [5.41, 5.74) is 3.28. The van der Waals surface area contributed by atoms with Crippen LogP contribution in [0, 0.1) is 11.5 Å². The van der Waals surface area contributed by atoms with Crippen molar-refractivity contribution in [1.29, 1.82) is 0 Å². The lowest BCUT2D eigenvalue weighted by atomic mass is 10.1. The molecular formula is C13H24O4Si. The third-order valence-corrected chi connectivity index (χ3v) is 2.96. The molecule has 0 aromatic carbocycles. The van der Waals surface area contributed by atoms with E-state index in [4.69, 9.17) is 9.47 Å². The fourth-order valence-electron chi connectivity index (χ4n) is 1.18. The smallest absolute Gasteiger partial charge is 0.305 e. The molecule has 0 aliphatic carbocycles. The lowest BCUT2D eigenvalue weighted by Crippen LogP contribution is -2.19. The van der Waals surface area contributed by atoms with Crippen LogP contribution in [-0.4, -0.2) is 41.2 Å². The maximum Gasteiger partial charge on any atom is 0.305 e. The van der Waals surface area contributed by atoms with E-state index in [9.17, 15) is 4.79 Å². The van der Waals surface area contributed by atoms with Crippen molar-refractivity contribution in [2.45, 2.75) is 45.0 Å². The van der Waals surface area contributed by atoms with Gasteiger partial charge in [-0.1, -0.05) is 25.6 Å². The molecule has 0 aromatic rings. The Balaban J connectivity index is 4.21. The SMILES string of the molecule is COCO[C@H](C#C[Si](C)(C)C)CCCC(=O)OC. The van der Waals surface area contributed by atoms with Crippen LogP contribution in [0.25, 0.3) is 0 Å². The molecule has 0 heterocycles. The molecule has 0 N–H and O–H groups in total. The van der Waals surface area contributed by atoms with E-state index >= 15 is 0 Å². The molecule has 0 saturated carbocycles. The second-order valence-corrected chi connectivity index (χ2v) is 9.80. The molecule has 0 aliphatic heterocycles. The van der Waals surface area contributed by atoms with Crippen molar-refractivity contribution >= 4 is 14.0 Å². The van der Waals surface area contributed by atoms with Crippen molar-refractivity contribution in [1.82, 2.24) is 0 Å². The fraction of sp³-hybridized carbons (Fsp3) is 0.769. The Morgan fingerprint density at radius 2 is 1.94 bits per heavy atom. The molecule has 0 aromatic heterocycles. The lowest BCUT2D eigenvalue weighted by Gasteiger charge is -2.12. The molecule has 0 fully saturated rings. The van der Waals surface area contributed by atoms with E-state index in [2.05, 4.69) is 35.8 Å². The molecule has 0 bridgehead atoms. The number of carbonyl (C=O) groups is 1. The van der Waals surface area contributed by atoms with Gasteiger partial charge in [0.1, 0.15) is 21.0 Å². The Bertz CT molecular complexity index is 298. The zero-order chi connectivity index (χ0) is 14.0. The van der Waals surface area contributed by atoms with E-state index in [1.165, 1.54) is 7.11 Å². The van der Waals surface area contributed by atoms with Crippen molar-refractivity contribution in [2.24, 2.45) is 0 Å². The van der Waals surface area contributed by atoms with Crippen LogP contribution in [0.4, 0.5) is 0 Å². The minimum Gasteiger partial charge on any atom is -0.469 e. The first-order valence-electron chi connectivity index (χ1n) is 6.09. The molecule has 1 atom stereocenters. The molecule has 0 spiro atoms. The molecule has 0 unspecified atom stereocenters. The number of carbonyl (C=O) groups excluding carboxylic acids is 1. The van der Waals surface area contributed by atoms with Crippen molar-refractivity contribution in [3.8, 4) is 11.5 Å². The summed E-state index contributed by atoms with van der Waals surface area (Å²) >= 11 is 0. The van der Waals surface area contributed by atoms with Crippen LogP contribution in [-0.2, 0) is 19.0 Å². The summed E-state index contributed by atoms with van der Waals surface area (Å²) in [6.45, 7) is 6.77. The predicted octanol–water partition coefficient (Wildman–Crippen LogP) is 2.20. The van der Waals surface area contributed by atoms with Crippen molar-refractivity contribution in [3.63, 3.8) is 0 Å². The third-order valence-electron chi connectivity index (χ3n) is 2.07. The molecule has 4 nitrogen and oxygen atoms in total. The van der Waals surface area contributed by atoms with Crippen LogP contribution in [0.1, 0.15) is 19.3 Å². The molecule has 104 valence electrons. The number of rotatable bonds is 7. The molecule has 5 heteroatoms. The van der Waals surface area contributed by atoms with Gasteiger partial charge in [-0.3, -0.25) is 4.79 Å². The van der Waals surface area contributed by atoms with Gasteiger partial charge in [-0.15, -0.1) is 5.54 Å². The average Bonchev–Trinajstić information content (AvgIpc) is 2.30. The highest BCUT2D eigenvalue weighted by molar-refractivity contribution is 6.83. The normalized spacial score (nSPS) is 12.5. The van der Waals surface area contributed by atoms with Crippen LogP contribution >= 0.6 is 0 Å². The number of methoxy groups -OCH3 is 2. The van der Waals surface area contributed by atoms with Crippen LogP contribution in [0.2, 0.25) is 19.6 Å². The first-order chi connectivity index (χ1) is 8.39. The van der Waals surface area contributed by atoms with E-state index < -0.39 is 8.07 Å². The fourth-order valence-corrected chi connectivity index (χ4v) is 1.77. The van der Waals surface area contributed by atoms with Crippen molar-refractivity contribution in [2.75, 3.05) is 21.0 Å². The maximum absolute atomic E-state index is 11.0. The van der Waals surface area contributed by atoms with Gasteiger partial charge in [0.15, 0.2) is 0 Å². The number of hydrogen-bond donors (Lipinski definition) is 0. The van der Waals surface area contributed by atoms with Crippen molar-refractivity contribution in [3.05, 3.63) is 0 Å². The van der Waals surface area contributed by atoms with Gasteiger partial charge in [0.2, 0.25) is 0 Å². The highest BCUT2D eigenvalue weighted by Gasteiger charge is 2.11. The zero-order valence-electron chi connectivity index (χ0n) is 12.0. The zero-order valence-corrected chi connectivity index (χ0v) is 13.0. The van der Waals surface area contributed by atoms with Crippen LogP contribution < -0.4 is 0 Å². The molecule has 0 aliphatic rings. The predicted molar refractivity (Wildman–Crippen MR) is 73.7 cm³/mol. The summed E-state index contributed by atoms with van der Waals surface area (Å²) < 4.78 is 15.0. The second kappa shape index (κ2) is 9.14. The van der Waals surface area contributed by atoms with Crippen LogP contribution in [0.3, 0.4) is 0 Å². The first kappa shape index (κ1) is 17.2. The van der Waals surface area contributed by atoms with Gasteiger partial charge in [-0.25, -0.2) is 0 Å². The quantitative estimate of drug-likeness (QED) is 0.308. The summed E-state index contributed by atoms with van der Waals surface area (Å²) in [4.78, 5) is 11.0. The first-order valence-corrected chi connectivity index (χ1v) is 9.59. The van der Waals surface area contributed by atoms with Gasteiger partial charge in [0.05, 0.1) is 7.11 Å². The number of esters is 1. The molecule has 0 radical (unpaired) electrons.